The van der Waals surface area contributed by atoms with Crippen LogP contribution in [0.15, 0.2) is 71.3 Å². The zero-order chi connectivity index (χ0) is 24.5. The van der Waals surface area contributed by atoms with Crippen molar-refractivity contribution >= 4 is 22.8 Å². The molecule has 0 aliphatic rings. The monoisotopic (exact) mass is 470 g/mol. The Kier molecular flexibility index (Phi) is 5.97. The Morgan fingerprint density at radius 2 is 1.76 bits per heavy atom. The number of rotatable bonds is 6. The van der Waals surface area contributed by atoms with E-state index in [1.54, 1.807) is 31.2 Å². The van der Waals surface area contributed by atoms with E-state index in [4.69, 9.17) is 14.4 Å². The van der Waals surface area contributed by atoms with Crippen molar-refractivity contribution in [2.75, 3.05) is 0 Å². The molecule has 0 bridgehead atoms. The van der Waals surface area contributed by atoms with E-state index in [-0.39, 0.29) is 33.7 Å². The van der Waals surface area contributed by atoms with Crippen molar-refractivity contribution < 1.29 is 37.1 Å². The number of nitrogens with zero attached hydrogens (tertiary/aromatic N) is 1. The number of nitrogens with one attached hydrogen (secondary N) is 1. The molecule has 2 N–H and O–H groups in total. The number of carboxylic acid groups (broad SMARTS) is 1. The molecule has 0 saturated heterocycles. The van der Waals surface area contributed by atoms with Gasteiger partial charge in [-0.05, 0) is 55.0 Å². The molecule has 3 aromatic carbocycles. The van der Waals surface area contributed by atoms with Gasteiger partial charge in [-0.15, -0.1) is 0 Å². The van der Waals surface area contributed by atoms with Crippen LogP contribution < -0.4 is 10.1 Å². The van der Waals surface area contributed by atoms with Crippen LogP contribution in [0, 0.1) is 0 Å². The van der Waals surface area contributed by atoms with Crippen molar-refractivity contribution in [1.82, 2.24) is 10.5 Å². The van der Waals surface area contributed by atoms with Gasteiger partial charge in [0, 0.05) is 0 Å². The molecule has 0 fully saturated rings. The van der Waals surface area contributed by atoms with Crippen LogP contribution in [-0.2, 0) is 6.18 Å². The van der Waals surface area contributed by atoms with Gasteiger partial charge in [-0.25, -0.2) is 4.79 Å². The van der Waals surface area contributed by atoms with Gasteiger partial charge < -0.3 is 19.7 Å². The molecule has 1 atom stereocenters. The highest BCUT2D eigenvalue weighted by atomic mass is 19.4. The Balaban J connectivity index is 1.60. The van der Waals surface area contributed by atoms with Crippen LogP contribution >= 0.6 is 0 Å². The van der Waals surface area contributed by atoms with Gasteiger partial charge in [-0.2, -0.15) is 13.2 Å². The van der Waals surface area contributed by atoms with Crippen LogP contribution in [0.2, 0.25) is 0 Å². The first-order valence-electron chi connectivity index (χ1n) is 10.0. The quantitative estimate of drug-likeness (QED) is 0.368. The van der Waals surface area contributed by atoms with Crippen LogP contribution in [0.5, 0.6) is 11.5 Å². The molecule has 1 amide bonds. The van der Waals surface area contributed by atoms with Gasteiger partial charge >= 0.3 is 12.1 Å². The van der Waals surface area contributed by atoms with E-state index < -0.39 is 29.7 Å². The van der Waals surface area contributed by atoms with Gasteiger partial charge in [0.15, 0.2) is 11.3 Å². The van der Waals surface area contributed by atoms with Gasteiger partial charge in [-0.1, -0.05) is 29.4 Å². The Bertz CT molecular complexity index is 1360. The fraction of sp³-hybridized carbons (Fsp3) is 0.125. The summed E-state index contributed by atoms with van der Waals surface area (Å²) in [6.07, 6.45) is -4.54. The number of halogens is 3. The Morgan fingerprint density at radius 1 is 1.06 bits per heavy atom. The first kappa shape index (κ1) is 22.8. The highest BCUT2D eigenvalue weighted by Gasteiger charge is 2.31. The smallest absolute Gasteiger partial charge is 0.416 e. The normalized spacial score (nSPS) is 12.4. The number of amides is 1. The second kappa shape index (κ2) is 8.89. The zero-order valence-electron chi connectivity index (χ0n) is 17.6. The zero-order valence-corrected chi connectivity index (χ0v) is 17.6. The van der Waals surface area contributed by atoms with Crippen LogP contribution in [0.25, 0.3) is 11.0 Å². The number of ether oxygens (including phenoxy) is 1. The molecule has 174 valence electrons. The van der Waals surface area contributed by atoms with Crippen molar-refractivity contribution in [1.29, 1.82) is 0 Å². The highest BCUT2D eigenvalue weighted by Crippen LogP contribution is 2.36. The molecular formula is C24H17F3N2O5. The number of aromatic carboxylic acids is 1. The number of carbonyl (C=O) groups excluding carboxylic acids is 1. The van der Waals surface area contributed by atoms with E-state index in [1.807, 2.05) is 0 Å². The number of benzene rings is 3. The summed E-state index contributed by atoms with van der Waals surface area (Å²) in [7, 11) is 0. The van der Waals surface area contributed by atoms with Gasteiger partial charge in [0.1, 0.15) is 11.5 Å². The third-order valence-corrected chi connectivity index (χ3v) is 5.07. The predicted octanol–water partition coefficient (Wildman–Crippen LogP) is 5.83. The molecule has 1 aromatic heterocycles. The Morgan fingerprint density at radius 3 is 2.44 bits per heavy atom. The molecule has 34 heavy (non-hydrogen) atoms. The van der Waals surface area contributed by atoms with E-state index in [2.05, 4.69) is 10.5 Å². The summed E-state index contributed by atoms with van der Waals surface area (Å²) < 4.78 is 50.0. The van der Waals surface area contributed by atoms with Crippen molar-refractivity contribution in [2.45, 2.75) is 19.1 Å². The number of carboxylic acids is 1. The van der Waals surface area contributed by atoms with Crippen molar-refractivity contribution in [3.05, 3.63) is 89.1 Å². The average molecular weight is 470 g/mol. The summed E-state index contributed by atoms with van der Waals surface area (Å²) in [5.41, 5.74) is 0.00983. The van der Waals surface area contributed by atoms with Crippen molar-refractivity contribution in [3.63, 3.8) is 0 Å². The van der Waals surface area contributed by atoms with Crippen LogP contribution in [0.1, 0.15) is 44.9 Å². The lowest BCUT2D eigenvalue weighted by molar-refractivity contribution is -0.137. The van der Waals surface area contributed by atoms with Crippen LogP contribution in [-0.4, -0.2) is 22.1 Å². The molecule has 7 nitrogen and oxygen atoms in total. The first-order valence-corrected chi connectivity index (χ1v) is 10.0. The number of hydrogen-bond donors (Lipinski definition) is 2. The van der Waals surface area contributed by atoms with Gasteiger partial charge in [-0.3, -0.25) is 4.79 Å². The van der Waals surface area contributed by atoms with E-state index in [0.717, 1.165) is 12.1 Å². The summed E-state index contributed by atoms with van der Waals surface area (Å²) in [5, 5.41) is 15.8. The topological polar surface area (TPSA) is 102 Å². The largest absolute Gasteiger partial charge is 0.478 e. The van der Waals surface area contributed by atoms with E-state index >= 15 is 0 Å². The average Bonchev–Trinajstić information content (AvgIpc) is 3.24. The Hall–Kier alpha value is -4.34. The van der Waals surface area contributed by atoms with Gasteiger partial charge in [0.05, 0.1) is 22.6 Å². The standard InChI is InChI=1S/C24H17F3N2O5/c1-13(14-8-10-15(11-9-14)23(31)32)28-22(30)21-20-18(6-3-7-19(20)34-29-21)33-17-5-2-4-16(12-17)24(25,26)27/h2-13H,1H3,(H,28,30)(H,31,32). The second-order valence-electron chi connectivity index (χ2n) is 7.41. The molecule has 4 rings (SSSR count). The molecule has 0 aliphatic heterocycles. The van der Waals surface area contributed by atoms with E-state index in [9.17, 15) is 22.8 Å². The first-order chi connectivity index (χ1) is 16.1. The maximum absolute atomic E-state index is 13.0. The lowest BCUT2D eigenvalue weighted by Crippen LogP contribution is -2.27. The summed E-state index contributed by atoms with van der Waals surface area (Å²) in [4.78, 5) is 24.0. The lowest BCUT2D eigenvalue weighted by Gasteiger charge is -2.14. The molecule has 1 heterocycles. The van der Waals surface area contributed by atoms with E-state index in [0.29, 0.717) is 5.56 Å². The summed E-state index contributed by atoms with van der Waals surface area (Å²) >= 11 is 0. The molecule has 0 spiro atoms. The number of alkyl halides is 3. The van der Waals surface area contributed by atoms with Crippen LogP contribution in [0.4, 0.5) is 13.2 Å². The second-order valence-corrected chi connectivity index (χ2v) is 7.41. The minimum Gasteiger partial charge on any atom is -0.478 e. The molecule has 1 unspecified atom stereocenters. The predicted molar refractivity (Wildman–Crippen MR) is 115 cm³/mol. The fourth-order valence-electron chi connectivity index (χ4n) is 3.33. The molecule has 10 heteroatoms. The number of carbonyl (C=O) groups is 2. The highest BCUT2D eigenvalue weighted by molar-refractivity contribution is 6.06. The maximum atomic E-state index is 13.0. The maximum Gasteiger partial charge on any atom is 0.416 e. The van der Waals surface area contributed by atoms with Gasteiger partial charge in [0.25, 0.3) is 5.91 Å². The van der Waals surface area contributed by atoms with Crippen molar-refractivity contribution in [3.8, 4) is 11.5 Å². The van der Waals surface area contributed by atoms with Gasteiger partial charge in [0.2, 0.25) is 0 Å². The minimum atomic E-state index is -4.54. The molecule has 0 aliphatic carbocycles. The SMILES string of the molecule is CC(NC(=O)c1noc2cccc(Oc3cccc(C(F)(F)F)c3)c12)c1ccc(C(=O)O)cc1. The summed E-state index contributed by atoms with van der Waals surface area (Å²) in [6, 6.07) is 14.5. The molecule has 0 radical (unpaired) electrons. The Labute approximate surface area is 190 Å². The number of hydrogen-bond acceptors (Lipinski definition) is 5. The lowest BCUT2D eigenvalue weighted by atomic mass is 10.1. The minimum absolute atomic E-state index is 0.0678. The summed E-state index contributed by atoms with van der Waals surface area (Å²) in [6.45, 7) is 1.70. The molecule has 0 saturated carbocycles. The third kappa shape index (κ3) is 4.70. The number of fused-ring (bicyclic) bond motifs is 1. The molecular weight excluding hydrogens is 453 g/mol. The number of aromatic nitrogens is 1. The molecule has 4 aromatic rings. The fourth-order valence-corrected chi connectivity index (χ4v) is 3.33. The summed E-state index contributed by atoms with van der Waals surface area (Å²) in [5.74, 6) is -1.64. The van der Waals surface area contributed by atoms with Crippen molar-refractivity contribution in [2.24, 2.45) is 0 Å². The third-order valence-electron chi connectivity index (χ3n) is 5.07. The van der Waals surface area contributed by atoms with Crippen LogP contribution in [0.3, 0.4) is 0 Å². The van der Waals surface area contributed by atoms with E-state index in [1.165, 1.54) is 30.3 Å².